The number of ether oxygens (including phenoxy) is 1. The maximum atomic E-state index is 10.5. The minimum absolute atomic E-state index is 0.0820. The number of nitrogens with two attached hydrogens (primary N) is 1. The Bertz CT molecular complexity index is 432. The van der Waals surface area contributed by atoms with E-state index in [0.717, 1.165) is 12.3 Å². The Hall–Kier alpha value is -2.38. The molecule has 1 aromatic heterocycles. The molecule has 0 aromatic carbocycles. The molecule has 16 heavy (non-hydrogen) atoms. The number of amidine groups is 1. The highest BCUT2D eigenvalue weighted by atomic mass is 16.6. The predicted octanol–water partition coefficient (Wildman–Crippen LogP) is 0.483. The molecule has 1 rings (SSSR count). The number of hydrogen-bond donors (Lipinski definition) is 2. The zero-order valence-electron chi connectivity index (χ0n) is 8.45. The van der Waals surface area contributed by atoms with Crippen molar-refractivity contribution < 1.29 is 14.9 Å². The second-order valence-corrected chi connectivity index (χ2v) is 2.72. The fourth-order valence-electron chi connectivity index (χ4n) is 1.03. The van der Waals surface area contributed by atoms with E-state index in [-0.39, 0.29) is 23.0 Å². The Morgan fingerprint density at radius 3 is 3.00 bits per heavy atom. The van der Waals surface area contributed by atoms with Crippen molar-refractivity contribution >= 4 is 11.5 Å². The van der Waals surface area contributed by atoms with Crippen LogP contribution in [0.2, 0.25) is 0 Å². The Kier molecular flexibility index (Phi) is 3.59. The van der Waals surface area contributed by atoms with Crippen LogP contribution in [0.3, 0.4) is 0 Å². The number of aromatic nitrogens is 1. The molecule has 1 aromatic rings. The standard InChI is InChI=1S/C8H10N4O4/c1-2-16-8-6(7(9)11-13)3-5(4-10-8)12(14)15/h3-4,13H,2H2,1H3,(H2,9,11). The van der Waals surface area contributed by atoms with Gasteiger partial charge in [0.15, 0.2) is 5.84 Å². The Morgan fingerprint density at radius 2 is 2.50 bits per heavy atom. The van der Waals surface area contributed by atoms with E-state index < -0.39 is 4.92 Å². The molecule has 0 aliphatic heterocycles. The van der Waals surface area contributed by atoms with Crippen molar-refractivity contribution in [3.63, 3.8) is 0 Å². The lowest BCUT2D eigenvalue weighted by Gasteiger charge is -2.06. The normalized spacial score (nSPS) is 11.2. The molecule has 8 heteroatoms. The van der Waals surface area contributed by atoms with Crippen molar-refractivity contribution in [2.75, 3.05) is 6.61 Å². The summed E-state index contributed by atoms with van der Waals surface area (Å²) < 4.78 is 5.09. The van der Waals surface area contributed by atoms with Crippen LogP contribution in [-0.4, -0.2) is 27.6 Å². The van der Waals surface area contributed by atoms with Crippen molar-refractivity contribution in [3.8, 4) is 5.88 Å². The monoisotopic (exact) mass is 226 g/mol. The minimum atomic E-state index is -0.628. The van der Waals surface area contributed by atoms with E-state index in [2.05, 4.69) is 10.1 Å². The molecule has 0 bridgehead atoms. The molecule has 0 fully saturated rings. The van der Waals surface area contributed by atoms with E-state index in [9.17, 15) is 10.1 Å². The van der Waals surface area contributed by atoms with Crippen molar-refractivity contribution in [1.29, 1.82) is 0 Å². The minimum Gasteiger partial charge on any atom is -0.477 e. The number of nitrogens with zero attached hydrogens (tertiary/aromatic N) is 3. The molecular weight excluding hydrogens is 216 g/mol. The molecule has 0 aliphatic rings. The van der Waals surface area contributed by atoms with E-state index in [1.54, 1.807) is 6.92 Å². The molecule has 0 amide bonds. The van der Waals surface area contributed by atoms with Gasteiger partial charge in [0.1, 0.15) is 6.20 Å². The summed E-state index contributed by atoms with van der Waals surface area (Å²) in [5.74, 6) is -0.206. The maximum absolute atomic E-state index is 10.5. The van der Waals surface area contributed by atoms with Gasteiger partial charge >= 0.3 is 0 Å². The summed E-state index contributed by atoms with van der Waals surface area (Å²) in [6.07, 6.45) is 1.04. The van der Waals surface area contributed by atoms with Crippen LogP contribution in [0.15, 0.2) is 17.4 Å². The van der Waals surface area contributed by atoms with Crippen LogP contribution in [-0.2, 0) is 0 Å². The Morgan fingerprint density at radius 1 is 1.81 bits per heavy atom. The van der Waals surface area contributed by atoms with Gasteiger partial charge in [-0.3, -0.25) is 10.1 Å². The molecule has 86 valence electrons. The average Bonchev–Trinajstić information content (AvgIpc) is 2.28. The summed E-state index contributed by atoms with van der Waals surface area (Å²) in [4.78, 5) is 13.6. The van der Waals surface area contributed by atoms with Crippen LogP contribution in [0, 0.1) is 10.1 Å². The maximum Gasteiger partial charge on any atom is 0.288 e. The molecule has 0 spiro atoms. The predicted molar refractivity (Wildman–Crippen MR) is 54.6 cm³/mol. The highest BCUT2D eigenvalue weighted by Crippen LogP contribution is 2.20. The van der Waals surface area contributed by atoms with Crippen molar-refractivity contribution in [3.05, 3.63) is 27.9 Å². The molecule has 0 radical (unpaired) electrons. The van der Waals surface area contributed by atoms with Gasteiger partial charge in [-0.25, -0.2) is 4.98 Å². The first kappa shape index (κ1) is 11.7. The van der Waals surface area contributed by atoms with Gasteiger partial charge in [0.05, 0.1) is 17.1 Å². The average molecular weight is 226 g/mol. The first-order valence-electron chi connectivity index (χ1n) is 4.35. The van der Waals surface area contributed by atoms with Gasteiger partial charge in [0.2, 0.25) is 5.88 Å². The molecule has 3 N–H and O–H groups in total. The van der Waals surface area contributed by atoms with Gasteiger partial charge in [-0.1, -0.05) is 5.16 Å². The van der Waals surface area contributed by atoms with Crippen LogP contribution in [0.5, 0.6) is 5.88 Å². The zero-order valence-corrected chi connectivity index (χ0v) is 8.45. The first-order chi connectivity index (χ1) is 7.60. The first-order valence-corrected chi connectivity index (χ1v) is 4.35. The Balaban J connectivity index is 3.26. The Labute approximate surface area is 90.5 Å². The van der Waals surface area contributed by atoms with Crippen LogP contribution in [0.1, 0.15) is 12.5 Å². The van der Waals surface area contributed by atoms with Crippen LogP contribution in [0.25, 0.3) is 0 Å². The van der Waals surface area contributed by atoms with Gasteiger partial charge in [0.25, 0.3) is 5.69 Å². The van der Waals surface area contributed by atoms with Crippen LogP contribution in [0.4, 0.5) is 5.69 Å². The van der Waals surface area contributed by atoms with E-state index in [1.807, 2.05) is 0 Å². The lowest BCUT2D eigenvalue weighted by atomic mass is 10.2. The van der Waals surface area contributed by atoms with Crippen molar-refractivity contribution in [2.24, 2.45) is 10.9 Å². The third-order valence-corrected chi connectivity index (χ3v) is 1.71. The molecule has 0 aliphatic carbocycles. The number of hydrogen-bond acceptors (Lipinski definition) is 6. The summed E-state index contributed by atoms with van der Waals surface area (Å²) in [6, 6.07) is 1.13. The van der Waals surface area contributed by atoms with Crippen LogP contribution < -0.4 is 10.5 Å². The number of pyridine rings is 1. The molecule has 8 nitrogen and oxygen atoms in total. The molecule has 0 saturated heterocycles. The van der Waals surface area contributed by atoms with E-state index in [4.69, 9.17) is 15.7 Å². The highest BCUT2D eigenvalue weighted by molar-refractivity contribution is 5.99. The second kappa shape index (κ2) is 4.91. The molecule has 0 saturated carbocycles. The van der Waals surface area contributed by atoms with Gasteiger partial charge in [-0.15, -0.1) is 0 Å². The summed E-state index contributed by atoms with van der Waals surface area (Å²) in [7, 11) is 0. The molecule has 1 heterocycles. The third-order valence-electron chi connectivity index (χ3n) is 1.71. The molecular formula is C8H10N4O4. The third kappa shape index (κ3) is 2.35. The van der Waals surface area contributed by atoms with Gasteiger partial charge in [-0.2, -0.15) is 0 Å². The van der Waals surface area contributed by atoms with Gasteiger partial charge < -0.3 is 15.7 Å². The zero-order chi connectivity index (χ0) is 12.1. The van der Waals surface area contributed by atoms with Gasteiger partial charge in [0, 0.05) is 6.07 Å². The fourth-order valence-corrected chi connectivity index (χ4v) is 1.03. The number of oxime groups is 1. The topological polar surface area (TPSA) is 124 Å². The second-order valence-electron chi connectivity index (χ2n) is 2.72. The fraction of sp³-hybridized carbons (Fsp3) is 0.250. The lowest BCUT2D eigenvalue weighted by Crippen LogP contribution is -2.16. The summed E-state index contributed by atoms with van der Waals surface area (Å²) in [5, 5.41) is 21.8. The molecule has 0 atom stereocenters. The number of rotatable bonds is 4. The lowest BCUT2D eigenvalue weighted by molar-refractivity contribution is -0.385. The summed E-state index contributed by atoms with van der Waals surface area (Å²) >= 11 is 0. The van der Waals surface area contributed by atoms with Crippen LogP contribution >= 0.6 is 0 Å². The van der Waals surface area contributed by atoms with Crippen molar-refractivity contribution in [1.82, 2.24) is 4.98 Å². The molecule has 0 unspecified atom stereocenters. The highest BCUT2D eigenvalue weighted by Gasteiger charge is 2.16. The van der Waals surface area contributed by atoms with E-state index in [1.165, 1.54) is 0 Å². The van der Waals surface area contributed by atoms with E-state index >= 15 is 0 Å². The largest absolute Gasteiger partial charge is 0.477 e. The summed E-state index contributed by atoms with van der Waals surface area (Å²) in [6.45, 7) is 2.04. The quantitative estimate of drug-likeness (QED) is 0.253. The summed E-state index contributed by atoms with van der Waals surface area (Å²) in [5.41, 5.74) is 5.17. The smallest absolute Gasteiger partial charge is 0.288 e. The van der Waals surface area contributed by atoms with Crippen molar-refractivity contribution in [2.45, 2.75) is 6.92 Å². The van der Waals surface area contributed by atoms with Gasteiger partial charge in [-0.05, 0) is 6.92 Å². The number of nitro groups is 1. The SMILES string of the molecule is CCOc1ncc([N+](=O)[O-])cc1C(N)=NO. The van der Waals surface area contributed by atoms with E-state index in [0.29, 0.717) is 6.61 Å².